The van der Waals surface area contributed by atoms with Crippen LogP contribution in [0.5, 0.6) is 5.75 Å². The van der Waals surface area contributed by atoms with Gasteiger partial charge in [0, 0.05) is 23.4 Å². The third-order valence-electron chi connectivity index (χ3n) is 4.15. The molecule has 0 saturated heterocycles. The van der Waals surface area contributed by atoms with Crippen molar-refractivity contribution in [3.05, 3.63) is 89.7 Å². The van der Waals surface area contributed by atoms with Crippen LogP contribution in [0.2, 0.25) is 0 Å². The normalized spacial score (nSPS) is 9.92. The average Bonchev–Trinajstić information content (AvgIpc) is 2.65. The molecule has 0 aliphatic heterocycles. The Bertz CT molecular complexity index is 879. The van der Waals surface area contributed by atoms with Crippen LogP contribution in [0.1, 0.15) is 21.6 Å². The second-order valence-corrected chi connectivity index (χ2v) is 5.82. The van der Waals surface area contributed by atoms with Crippen molar-refractivity contribution in [2.75, 3.05) is 12.4 Å². The highest BCUT2D eigenvalue weighted by Gasteiger charge is 2.12. The number of anilines is 1. The molecule has 0 unspecified atom stereocenters. The number of amides is 1. The number of ether oxygens (including phenoxy) is 1. The molecule has 1 N–H and O–H groups in total. The van der Waals surface area contributed by atoms with Crippen molar-refractivity contribution in [2.45, 2.75) is 6.42 Å². The summed E-state index contributed by atoms with van der Waals surface area (Å²) in [5, 5.41) is 3.01. The minimum atomic E-state index is -0.132. The van der Waals surface area contributed by atoms with Crippen LogP contribution in [0.15, 0.2) is 72.9 Å². The van der Waals surface area contributed by atoms with E-state index in [1.807, 2.05) is 49.6 Å². The van der Waals surface area contributed by atoms with Crippen LogP contribution in [-0.4, -0.2) is 13.0 Å². The maximum atomic E-state index is 12.5. The lowest BCUT2D eigenvalue weighted by molar-refractivity contribution is -0.678. The summed E-state index contributed by atoms with van der Waals surface area (Å²) in [6, 6.07) is 21.1. The Labute approximate surface area is 170 Å². The Hall–Kier alpha value is -2.41. The summed E-state index contributed by atoms with van der Waals surface area (Å²) in [5.41, 5.74) is 3.67. The van der Waals surface area contributed by atoms with Crippen LogP contribution < -0.4 is 38.6 Å². The number of halogens is 1. The van der Waals surface area contributed by atoms with E-state index < -0.39 is 0 Å². The van der Waals surface area contributed by atoms with Gasteiger partial charge < -0.3 is 34.0 Å². The fraction of sp³-hybridized carbons (Fsp3) is 0.143. The summed E-state index contributed by atoms with van der Waals surface area (Å²) in [6.45, 7) is 0. The number of aromatic nitrogens is 1. The molecule has 0 atom stereocenters. The van der Waals surface area contributed by atoms with Crippen molar-refractivity contribution in [3.8, 4) is 5.75 Å². The highest BCUT2D eigenvalue weighted by atomic mass is 127. The van der Waals surface area contributed by atoms with E-state index in [1.54, 1.807) is 31.4 Å². The number of para-hydroxylation sites is 1. The maximum absolute atomic E-state index is 12.5. The van der Waals surface area contributed by atoms with Crippen molar-refractivity contribution in [2.24, 2.45) is 7.05 Å². The molecule has 0 spiro atoms. The number of aryl methyl sites for hydroxylation is 1. The molecule has 0 aliphatic carbocycles. The molecular weight excluding hydrogens is 439 g/mol. The first-order chi connectivity index (χ1) is 12.2. The molecule has 5 heteroatoms. The minimum Gasteiger partial charge on any atom is -1.00 e. The smallest absolute Gasteiger partial charge is 0.255 e. The van der Waals surface area contributed by atoms with Gasteiger partial charge in [-0.25, -0.2) is 4.57 Å². The van der Waals surface area contributed by atoms with Crippen LogP contribution in [0.25, 0.3) is 0 Å². The summed E-state index contributed by atoms with van der Waals surface area (Å²) in [5.74, 6) is 0.598. The van der Waals surface area contributed by atoms with Crippen molar-refractivity contribution >= 4 is 11.6 Å². The number of nitrogens with one attached hydrogen (secondary N) is 1. The molecular formula is C21H21IN2O2. The van der Waals surface area contributed by atoms with Crippen LogP contribution in [0.4, 0.5) is 5.69 Å². The lowest BCUT2D eigenvalue weighted by atomic mass is 10.1. The number of carbonyl (C=O) groups is 1. The summed E-state index contributed by atoms with van der Waals surface area (Å²) >= 11 is 0. The number of rotatable bonds is 5. The molecule has 3 rings (SSSR count). The second-order valence-electron chi connectivity index (χ2n) is 5.82. The third-order valence-corrected chi connectivity index (χ3v) is 4.15. The van der Waals surface area contributed by atoms with E-state index in [0.29, 0.717) is 5.56 Å². The SMILES string of the molecule is COc1ccc(C(=O)Nc2ccccc2Cc2cccc[n+]2C)cc1.[I-]. The van der Waals surface area contributed by atoms with Crippen molar-refractivity contribution in [1.29, 1.82) is 0 Å². The summed E-state index contributed by atoms with van der Waals surface area (Å²) in [4.78, 5) is 12.5. The zero-order valence-corrected chi connectivity index (χ0v) is 16.9. The molecule has 0 aliphatic rings. The quantitative estimate of drug-likeness (QED) is 0.442. The summed E-state index contributed by atoms with van der Waals surface area (Å²) in [6.07, 6.45) is 2.77. The van der Waals surface area contributed by atoms with Gasteiger partial charge in [-0.3, -0.25) is 4.79 Å². The van der Waals surface area contributed by atoms with Gasteiger partial charge in [-0.1, -0.05) is 24.3 Å². The zero-order valence-electron chi connectivity index (χ0n) is 14.8. The van der Waals surface area contributed by atoms with E-state index in [4.69, 9.17) is 4.74 Å². The molecule has 0 saturated carbocycles. The molecule has 1 aromatic heterocycles. The van der Waals surface area contributed by atoms with Gasteiger partial charge in [0.1, 0.15) is 12.8 Å². The largest absolute Gasteiger partial charge is 1.00 e. The fourth-order valence-electron chi connectivity index (χ4n) is 2.67. The topological polar surface area (TPSA) is 42.2 Å². The van der Waals surface area contributed by atoms with Gasteiger partial charge >= 0.3 is 0 Å². The Morgan fingerprint density at radius 1 is 1.00 bits per heavy atom. The van der Waals surface area contributed by atoms with Gasteiger partial charge in [0.05, 0.1) is 13.5 Å². The number of benzene rings is 2. The van der Waals surface area contributed by atoms with Gasteiger partial charge in [-0.05, 0) is 35.9 Å². The minimum absolute atomic E-state index is 0. The monoisotopic (exact) mass is 460 g/mol. The van der Waals surface area contributed by atoms with Crippen molar-refractivity contribution in [1.82, 2.24) is 0 Å². The second kappa shape index (κ2) is 9.33. The molecule has 3 aromatic rings. The lowest BCUT2D eigenvalue weighted by Crippen LogP contribution is -3.00. The molecule has 26 heavy (non-hydrogen) atoms. The molecule has 1 heterocycles. The predicted molar refractivity (Wildman–Crippen MR) is 97.8 cm³/mol. The third kappa shape index (κ3) is 4.82. The molecule has 0 fully saturated rings. The van der Waals surface area contributed by atoms with E-state index in [1.165, 1.54) is 5.69 Å². The number of hydrogen-bond acceptors (Lipinski definition) is 2. The highest BCUT2D eigenvalue weighted by Crippen LogP contribution is 2.19. The maximum Gasteiger partial charge on any atom is 0.255 e. The molecule has 4 nitrogen and oxygen atoms in total. The molecule has 0 bridgehead atoms. The Kier molecular flexibility index (Phi) is 7.15. The number of methoxy groups -OCH3 is 1. The Morgan fingerprint density at radius 3 is 2.38 bits per heavy atom. The van der Waals surface area contributed by atoms with E-state index in [2.05, 4.69) is 16.0 Å². The van der Waals surface area contributed by atoms with Crippen LogP contribution >= 0.6 is 0 Å². The molecule has 2 aromatic carbocycles. The van der Waals surface area contributed by atoms with Crippen molar-refractivity contribution < 1.29 is 38.1 Å². The van der Waals surface area contributed by atoms with E-state index in [0.717, 1.165) is 23.4 Å². The number of carbonyl (C=O) groups excluding carboxylic acids is 1. The van der Waals surface area contributed by atoms with Crippen LogP contribution in [-0.2, 0) is 13.5 Å². The number of pyridine rings is 1. The van der Waals surface area contributed by atoms with Gasteiger partial charge in [0.15, 0.2) is 11.9 Å². The highest BCUT2D eigenvalue weighted by molar-refractivity contribution is 6.04. The number of nitrogens with zero attached hydrogens (tertiary/aromatic N) is 1. The Morgan fingerprint density at radius 2 is 1.69 bits per heavy atom. The average molecular weight is 460 g/mol. The molecule has 1 amide bonds. The lowest BCUT2D eigenvalue weighted by Gasteiger charge is -2.11. The first kappa shape index (κ1) is 19.9. The van der Waals surface area contributed by atoms with Gasteiger partial charge in [0.2, 0.25) is 0 Å². The van der Waals surface area contributed by atoms with E-state index in [-0.39, 0.29) is 29.9 Å². The molecule has 0 radical (unpaired) electrons. The van der Waals surface area contributed by atoms with Gasteiger partial charge in [-0.15, -0.1) is 0 Å². The summed E-state index contributed by atoms with van der Waals surface area (Å²) in [7, 11) is 3.63. The van der Waals surface area contributed by atoms with Crippen molar-refractivity contribution in [3.63, 3.8) is 0 Å². The first-order valence-corrected chi connectivity index (χ1v) is 8.14. The van der Waals surface area contributed by atoms with Gasteiger partial charge in [-0.2, -0.15) is 0 Å². The standard InChI is InChI=1S/C21H20N2O2.HI/c1-23-14-6-5-8-18(23)15-17-7-3-4-9-20(17)22-21(24)16-10-12-19(25-2)13-11-16;/h3-14H,15H2,1-2H3;1H. The van der Waals surface area contributed by atoms with Crippen LogP contribution in [0, 0.1) is 0 Å². The van der Waals surface area contributed by atoms with E-state index in [9.17, 15) is 4.79 Å². The van der Waals surface area contributed by atoms with E-state index >= 15 is 0 Å². The van der Waals surface area contributed by atoms with Gasteiger partial charge in [0.25, 0.3) is 5.91 Å². The molecule has 134 valence electrons. The van der Waals surface area contributed by atoms with Crippen LogP contribution in [0.3, 0.4) is 0 Å². The zero-order chi connectivity index (χ0) is 17.6. The Balaban J connectivity index is 0.00000243. The number of hydrogen-bond donors (Lipinski definition) is 1. The predicted octanol–water partition coefficient (Wildman–Crippen LogP) is 0.367. The summed E-state index contributed by atoms with van der Waals surface area (Å²) < 4.78 is 7.22. The fourth-order valence-corrected chi connectivity index (χ4v) is 2.67. The first-order valence-electron chi connectivity index (χ1n) is 8.14.